The smallest absolute Gasteiger partial charge is 0.341 e. The van der Waals surface area contributed by atoms with E-state index < -0.39 is 21.7 Å². The molecule has 1 amide bonds. The van der Waals surface area contributed by atoms with E-state index in [1.165, 1.54) is 17.0 Å². The van der Waals surface area contributed by atoms with Crippen LogP contribution in [-0.4, -0.2) is 48.8 Å². The molecule has 0 bridgehead atoms. The summed E-state index contributed by atoms with van der Waals surface area (Å²) in [6, 6.07) is 3.44. The summed E-state index contributed by atoms with van der Waals surface area (Å²) in [5.41, 5.74) is -1.29. The van der Waals surface area contributed by atoms with Crippen LogP contribution in [0, 0.1) is 5.41 Å². The molecule has 2 aliphatic rings. The molecule has 1 aromatic heterocycles. The normalized spacial score (nSPS) is 22.0. The third-order valence-corrected chi connectivity index (χ3v) is 5.99. The molecular formula is C13H13F3N2O3S. The lowest BCUT2D eigenvalue weighted by Crippen LogP contribution is -2.69. The fourth-order valence-electron chi connectivity index (χ4n) is 3.02. The van der Waals surface area contributed by atoms with Gasteiger partial charge in [-0.05, 0) is 12.1 Å². The Morgan fingerprint density at radius 2 is 1.91 bits per heavy atom. The van der Waals surface area contributed by atoms with Crippen molar-refractivity contribution in [3.05, 3.63) is 29.6 Å². The number of amides is 1. The Kier molecular flexibility index (Phi) is 3.24. The maximum Gasteiger partial charge on any atom is 0.433 e. The summed E-state index contributed by atoms with van der Waals surface area (Å²) in [5, 5.41) is 0. The van der Waals surface area contributed by atoms with Crippen molar-refractivity contribution in [2.75, 3.05) is 24.6 Å². The molecule has 1 aromatic rings. The van der Waals surface area contributed by atoms with E-state index in [0.717, 1.165) is 6.07 Å². The number of nitrogens with zero attached hydrogens (tertiary/aromatic N) is 2. The van der Waals surface area contributed by atoms with E-state index in [9.17, 15) is 26.4 Å². The Bertz CT molecular complexity index is 710. The molecule has 9 heteroatoms. The van der Waals surface area contributed by atoms with Gasteiger partial charge in [-0.1, -0.05) is 6.07 Å². The van der Waals surface area contributed by atoms with Gasteiger partial charge < -0.3 is 4.90 Å². The molecule has 5 nitrogen and oxygen atoms in total. The minimum atomic E-state index is -4.54. The molecule has 22 heavy (non-hydrogen) atoms. The predicted molar refractivity (Wildman–Crippen MR) is 70.6 cm³/mol. The van der Waals surface area contributed by atoms with Gasteiger partial charge in [-0.2, -0.15) is 13.2 Å². The number of halogens is 3. The maximum atomic E-state index is 12.6. The SMILES string of the molecule is O=C(Cc1cccc(C(F)(F)F)n1)N1CC2(C1)CS(=O)(=O)C2. The van der Waals surface area contributed by atoms with Crippen molar-refractivity contribution in [3.8, 4) is 0 Å². The zero-order valence-electron chi connectivity index (χ0n) is 11.4. The molecule has 2 saturated heterocycles. The summed E-state index contributed by atoms with van der Waals surface area (Å²) in [4.78, 5) is 16.9. The number of pyridine rings is 1. The second-order valence-corrected chi connectivity index (χ2v) is 8.04. The fraction of sp³-hybridized carbons (Fsp3) is 0.538. The third kappa shape index (κ3) is 2.81. The highest BCUT2D eigenvalue weighted by atomic mass is 32.2. The van der Waals surface area contributed by atoms with Crippen LogP contribution in [0.2, 0.25) is 0 Å². The van der Waals surface area contributed by atoms with Crippen molar-refractivity contribution >= 4 is 15.7 Å². The number of aromatic nitrogens is 1. The van der Waals surface area contributed by atoms with Crippen LogP contribution >= 0.6 is 0 Å². The molecule has 2 fully saturated rings. The Hall–Kier alpha value is -1.64. The largest absolute Gasteiger partial charge is 0.433 e. The fourth-order valence-corrected chi connectivity index (χ4v) is 5.16. The first-order valence-corrected chi connectivity index (χ1v) is 8.42. The van der Waals surface area contributed by atoms with Crippen LogP contribution in [-0.2, 0) is 27.2 Å². The molecule has 0 N–H and O–H groups in total. The lowest BCUT2D eigenvalue weighted by Gasteiger charge is -2.54. The predicted octanol–water partition coefficient (Wildman–Crippen LogP) is 0.900. The summed E-state index contributed by atoms with van der Waals surface area (Å²) >= 11 is 0. The van der Waals surface area contributed by atoms with E-state index in [2.05, 4.69) is 4.98 Å². The Morgan fingerprint density at radius 1 is 1.27 bits per heavy atom. The minimum Gasteiger partial charge on any atom is -0.341 e. The van der Waals surface area contributed by atoms with Crippen molar-refractivity contribution in [3.63, 3.8) is 0 Å². The lowest BCUT2D eigenvalue weighted by molar-refractivity contribution is -0.143. The van der Waals surface area contributed by atoms with Gasteiger partial charge >= 0.3 is 6.18 Å². The molecule has 3 heterocycles. The molecule has 0 aromatic carbocycles. The van der Waals surface area contributed by atoms with Gasteiger partial charge in [-0.25, -0.2) is 13.4 Å². The second-order valence-electron chi connectivity index (χ2n) is 5.97. The highest BCUT2D eigenvalue weighted by Crippen LogP contribution is 2.41. The molecule has 0 atom stereocenters. The van der Waals surface area contributed by atoms with Crippen molar-refractivity contribution in [2.45, 2.75) is 12.6 Å². The van der Waals surface area contributed by atoms with Gasteiger partial charge in [-0.15, -0.1) is 0 Å². The summed E-state index contributed by atoms with van der Waals surface area (Å²) in [7, 11) is -2.96. The van der Waals surface area contributed by atoms with Crippen molar-refractivity contribution in [1.29, 1.82) is 0 Å². The van der Waals surface area contributed by atoms with Crippen LogP contribution in [0.25, 0.3) is 0 Å². The van der Waals surface area contributed by atoms with Crippen molar-refractivity contribution in [1.82, 2.24) is 9.88 Å². The topological polar surface area (TPSA) is 67.3 Å². The molecule has 0 radical (unpaired) electrons. The number of alkyl halides is 3. The van der Waals surface area contributed by atoms with Crippen LogP contribution in [0.1, 0.15) is 11.4 Å². The zero-order valence-corrected chi connectivity index (χ0v) is 12.2. The number of carbonyl (C=O) groups excluding carboxylic acids is 1. The van der Waals surface area contributed by atoms with E-state index in [1.807, 2.05) is 0 Å². The van der Waals surface area contributed by atoms with E-state index >= 15 is 0 Å². The summed E-state index contributed by atoms with van der Waals surface area (Å²) in [5.74, 6) is -0.154. The highest BCUT2D eigenvalue weighted by molar-refractivity contribution is 7.92. The number of likely N-dealkylation sites (tertiary alicyclic amines) is 1. The maximum absolute atomic E-state index is 12.6. The lowest BCUT2D eigenvalue weighted by atomic mass is 9.82. The monoisotopic (exact) mass is 334 g/mol. The number of carbonyl (C=O) groups is 1. The Labute approximate surface area is 125 Å². The van der Waals surface area contributed by atoms with Crippen molar-refractivity contribution < 1.29 is 26.4 Å². The second kappa shape index (κ2) is 4.68. The zero-order chi connectivity index (χ0) is 16.2. The van der Waals surface area contributed by atoms with Crippen LogP contribution < -0.4 is 0 Å². The molecule has 1 spiro atoms. The van der Waals surface area contributed by atoms with Gasteiger partial charge in [0.1, 0.15) is 5.69 Å². The first kappa shape index (κ1) is 15.3. The van der Waals surface area contributed by atoms with E-state index in [1.54, 1.807) is 0 Å². The van der Waals surface area contributed by atoms with Gasteiger partial charge in [0.2, 0.25) is 5.91 Å². The van der Waals surface area contributed by atoms with Gasteiger partial charge in [0, 0.05) is 18.5 Å². The van der Waals surface area contributed by atoms with Crippen LogP contribution in [0.3, 0.4) is 0 Å². The van der Waals surface area contributed by atoms with Crippen LogP contribution in [0.5, 0.6) is 0 Å². The van der Waals surface area contributed by atoms with Gasteiger partial charge in [0.15, 0.2) is 9.84 Å². The average molecular weight is 334 g/mol. The minimum absolute atomic E-state index is 0.0574. The molecule has 3 rings (SSSR count). The molecule has 0 saturated carbocycles. The first-order valence-electron chi connectivity index (χ1n) is 6.60. The summed E-state index contributed by atoms with van der Waals surface area (Å²) in [6.07, 6.45) is -4.76. The van der Waals surface area contributed by atoms with E-state index in [4.69, 9.17) is 0 Å². The molecular weight excluding hydrogens is 321 g/mol. The van der Waals surface area contributed by atoms with Gasteiger partial charge in [0.25, 0.3) is 0 Å². The summed E-state index contributed by atoms with van der Waals surface area (Å²) < 4.78 is 60.0. The van der Waals surface area contributed by atoms with Crippen LogP contribution in [0.4, 0.5) is 13.2 Å². The van der Waals surface area contributed by atoms with Gasteiger partial charge in [0.05, 0.1) is 23.6 Å². The molecule has 0 aliphatic carbocycles. The number of rotatable bonds is 2. The van der Waals surface area contributed by atoms with Crippen LogP contribution in [0.15, 0.2) is 18.2 Å². The first-order chi connectivity index (χ1) is 10.1. The van der Waals surface area contributed by atoms with E-state index in [0.29, 0.717) is 13.1 Å². The molecule has 0 unspecified atom stereocenters. The quantitative estimate of drug-likeness (QED) is 0.806. The highest BCUT2D eigenvalue weighted by Gasteiger charge is 2.56. The standard InChI is InChI=1S/C13H13F3N2O3S/c14-13(15,16)10-3-1-2-9(17-10)4-11(19)18-5-12(6-18)7-22(20,21)8-12/h1-3H,4-8H2. The molecule has 2 aliphatic heterocycles. The average Bonchev–Trinajstić information content (AvgIpc) is 2.31. The third-order valence-electron chi connectivity index (χ3n) is 3.89. The number of hydrogen-bond donors (Lipinski definition) is 0. The van der Waals surface area contributed by atoms with Gasteiger partial charge in [-0.3, -0.25) is 4.79 Å². The van der Waals surface area contributed by atoms with E-state index in [-0.39, 0.29) is 34.9 Å². The summed E-state index contributed by atoms with van der Waals surface area (Å²) in [6.45, 7) is 0.702. The Morgan fingerprint density at radius 3 is 2.45 bits per heavy atom. The number of sulfone groups is 1. The number of hydrogen-bond acceptors (Lipinski definition) is 4. The molecule has 120 valence electrons. The van der Waals surface area contributed by atoms with Crippen molar-refractivity contribution in [2.24, 2.45) is 5.41 Å². The Balaban J connectivity index is 1.60.